The molecule has 2 saturated carbocycles. The molecule has 0 bridgehead atoms. The largest absolute Gasteiger partial charge is 0.300 e. The maximum atomic E-state index is 2.80. The molecule has 0 radical (unpaired) electrons. The van der Waals surface area contributed by atoms with E-state index in [4.69, 9.17) is 0 Å². The third-order valence-corrected chi connectivity index (χ3v) is 6.82. The zero-order valence-corrected chi connectivity index (χ0v) is 14.9. The SMILES string of the molecule is CC1CC(C)CC(N(C)C2C(C)C(C)CC(C)C2C)C1. The second-order valence-corrected chi connectivity index (χ2v) is 8.64. The van der Waals surface area contributed by atoms with Gasteiger partial charge in [-0.25, -0.2) is 0 Å². The molecule has 2 aliphatic rings. The molecule has 0 aromatic heterocycles. The van der Waals surface area contributed by atoms with Crippen molar-refractivity contribution in [1.29, 1.82) is 0 Å². The predicted octanol–water partition coefficient (Wildman–Crippen LogP) is 5.06. The molecule has 0 aliphatic heterocycles. The van der Waals surface area contributed by atoms with E-state index in [1.54, 1.807) is 0 Å². The van der Waals surface area contributed by atoms with Crippen LogP contribution in [-0.4, -0.2) is 24.0 Å². The quantitative estimate of drug-likeness (QED) is 0.683. The van der Waals surface area contributed by atoms with E-state index in [9.17, 15) is 0 Å². The van der Waals surface area contributed by atoms with Crippen LogP contribution in [-0.2, 0) is 0 Å². The van der Waals surface area contributed by atoms with E-state index in [2.05, 4.69) is 53.5 Å². The van der Waals surface area contributed by atoms with Crippen LogP contribution in [0.1, 0.15) is 67.2 Å². The van der Waals surface area contributed by atoms with Crippen molar-refractivity contribution in [3.63, 3.8) is 0 Å². The fourth-order valence-electron chi connectivity index (χ4n) is 5.39. The van der Waals surface area contributed by atoms with Crippen molar-refractivity contribution >= 4 is 0 Å². The summed E-state index contributed by atoms with van der Waals surface area (Å²) in [6, 6.07) is 1.61. The first kappa shape index (κ1) is 16.3. The monoisotopic (exact) mass is 279 g/mol. The van der Waals surface area contributed by atoms with Gasteiger partial charge >= 0.3 is 0 Å². The summed E-state index contributed by atoms with van der Waals surface area (Å²) in [4.78, 5) is 2.80. The number of hydrogen-bond acceptors (Lipinski definition) is 1. The summed E-state index contributed by atoms with van der Waals surface area (Å²) in [6.07, 6.45) is 5.69. The molecule has 1 heteroatoms. The molecule has 2 aliphatic carbocycles. The number of nitrogens with zero attached hydrogens (tertiary/aromatic N) is 1. The van der Waals surface area contributed by atoms with E-state index in [1.807, 2.05) is 0 Å². The van der Waals surface area contributed by atoms with Crippen molar-refractivity contribution in [3.05, 3.63) is 0 Å². The smallest absolute Gasteiger partial charge is 0.0151 e. The first-order chi connectivity index (χ1) is 9.31. The molecule has 1 nitrogen and oxygen atoms in total. The second kappa shape index (κ2) is 6.38. The Morgan fingerprint density at radius 3 is 1.55 bits per heavy atom. The molecule has 0 heterocycles. The van der Waals surface area contributed by atoms with E-state index in [0.29, 0.717) is 0 Å². The van der Waals surface area contributed by atoms with Gasteiger partial charge in [-0.05, 0) is 68.2 Å². The summed E-state index contributed by atoms with van der Waals surface area (Å²) in [5.74, 6) is 5.28. The lowest BCUT2D eigenvalue weighted by molar-refractivity contribution is -0.0148. The molecular formula is C19H37N. The lowest BCUT2D eigenvalue weighted by Gasteiger charge is -2.51. The van der Waals surface area contributed by atoms with Crippen molar-refractivity contribution in [2.45, 2.75) is 79.3 Å². The van der Waals surface area contributed by atoms with Crippen molar-refractivity contribution < 1.29 is 0 Å². The molecule has 118 valence electrons. The molecule has 0 N–H and O–H groups in total. The Bertz CT molecular complexity index is 289. The second-order valence-electron chi connectivity index (χ2n) is 8.64. The zero-order valence-electron chi connectivity index (χ0n) is 14.9. The Hall–Kier alpha value is -0.0400. The van der Waals surface area contributed by atoms with Crippen LogP contribution in [0.3, 0.4) is 0 Å². The van der Waals surface area contributed by atoms with Gasteiger partial charge in [0, 0.05) is 12.1 Å². The van der Waals surface area contributed by atoms with Crippen LogP contribution in [0.4, 0.5) is 0 Å². The molecule has 20 heavy (non-hydrogen) atoms. The maximum absolute atomic E-state index is 2.80. The summed E-state index contributed by atoms with van der Waals surface area (Å²) in [6.45, 7) is 14.9. The third kappa shape index (κ3) is 3.24. The van der Waals surface area contributed by atoms with E-state index in [-0.39, 0.29) is 0 Å². The van der Waals surface area contributed by atoms with Gasteiger partial charge in [-0.1, -0.05) is 41.5 Å². The van der Waals surface area contributed by atoms with Gasteiger partial charge in [0.05, 0.1) is 0 Å². The Balaban J connectivity index is 2.11. The number of rotatable bonds is 2. The normalized spacial score (nSPS) is 50.4. The lowest BCUT2D eigenvalue weighted by Crippen LogP contribution is -2.54. The van der Waals surface area contributed by atoms with Crippen LogP contribution in [0.25, 0.3) is 0 Å². The summed E-state index contributed by atoms with van der Waals surface area (Å²) in [5, 5.41) is 0. The lowest BCUT2D eigenvalue weighted by atomic mass is 9.66. The van der Waals surface area contributed by atoms with Gasteiger partial charge in [0.15, 0.2) is 0 Å². The van der Waals surface area contributed by atoms with E-state index >= 15 is 0 Å². The minimum Gasteiger partial charge on any atom is -0.300 e. The van der Waals surface area contributed by atoms with Crippen molar-refractivity contribution in [2.24, 2.45) is 35.5 Å². The highest BCUT2D eigenvalue weighted by atomic mass is 15.2. The Morgan fingerprint density at radius 2 is 1.10 bits per heavy atom. The summed E-state index contributed by atoms with van der Waals surface area (Å²) < 4.78 is 0. The van der Waals surface area contributed by atoms with Crippen LogP contribution in [0, 0.1) is 35.5 Å². The van der Waals surface area contributed by atoms with Gasteiger partial charge < -0.3 is 0 Å². The fourth-order valence-corrected chi connectivity index (χ4v) is 5.39. The molecule has 0 saturated heterocycles. The molecule has 6 atom stereocenters. The van der Waals surface area contributed by atoms with Crippen LogP contribution >= 0.6 is 0 Å². The average molecular weight is 280 g/mol. The van der Waals surface area contributed by atoms with Gasteiger partial charge in [0.25, 0.3) is 0 Å². The third-order valence-electron chi connectivity index (χ3n) is 6.82. The van der Waals surface area contributed by atoms with E-state index < -0.39 is 0 Å². The fraction of sp³-hybridized carbons (Fsp3) is 1.00. The standard InChI is InChI=1S/C19H37N/c1-12-8-13(2)10-18(9-12)20(7)19-16(5)14(3)11-15(4)17(19)6/h12-19H,8-11H2,1-7H3. The molecule has 0 aromatic carbocycles. The van der Waals surface area contributed by atoms with E-state index in [1.165, 1.54) is 25.7 Å². The summed E-state index contributed by atoms with van der Waals surface area (Å²) in [7, 11) is 2.43. The van der Waals surface area contributed by atoms with Crippen molar-refractivity contribution in [3.8, 4) is 0 Å². The Morgan fingerprint density at radius 1 is 0.650 bits per heavy atom. The van der Waals surface area contributed by atoms with Crippen molar-refractivity contribution in [2.75, 3.05) is 7.05 Å². The molecule has 0 spiro atoms. The highest BCUT2D eigenvalue weighted by molar-refractivity contribution is 4.94. The number of hydrogen-bond donors (Lipinski definition) is 0. The Labute approximate surface area is 127 Å². The summed E-state index contributed by atoms with van der Waals surface area (Å²) in [5.41, 5.74) is 0. The van der Waals surface area contributed by atoms with Crippen LogP contribution in [0.5, 0.6) is 0 Å². The minimum absolute atomic E-state index is 0.788. The highest BCUT2D eigenvalue weighted by Crippen LogP contribution is 2.42. The van der Waals surface area contributed by atoms with Gasteiger partial charge in [-0.15, -0.1) is 0 Å². The molecule has 0 aromatic rings. The summed E-state index contributed by atoms with van der Waals surface area (Å²) >= 11 is 0. The zero-order chi connectivity index (χ0) is 15.0. The maximum Gasteiger partial charge on any atom is 0.0151 e. The first-order valence-corrected chi connectivity index (χ1v) is 9.03. The Kier molecular flexibility index (Phi) is 5.21. The van der Waals surface area contributed by atoms with Crippen LogP contribution < -0.4 is 0 Å². The highest BCUT2D eigenvalue weighted by Gasteiger charge is 2.41. The van der Waals surface area contributed by atoms with Gasteiger partial charge in [0.2, 0.25) is 0 Å². The minimum atomic E-state index is 0.788. The molecule has 0 amide bonds. The van der Waals surface area contributed by atoms with E-state index in [0.717, 1.165) is 47.6 Å². The predicted molar refractivity (Wildman–Crippen MR) is 88.8 cm³/mol. The first-order valence-electron chi connectivity index (χ1n) is 9.03. The molecule has 6 unspecified atom stereocenters. The van der Waals surface area contributed by atoms with Crippen LogP contribution in [0.15, 0.2) is 0 Å². The van der Waals surface area contributed by atoms with Gasteiger partial charge in [0.1, 0.15) is 0 Å². The van der Waals surface area contributed by atoms with Crippen LogP contribution in [0.2, 0.25) is 0 Å². The molecule has 2 rings (SSSR count). The average Bonchev–Trinajstić information content (AvgIpc) is 2.35. The molecule has 2 fully saturated rings. The van der Waals surface area contributed by atoms with Gasteiger partial charge in [-0.3, -0.25) is 4.90 Å². The van der Waals surface area contributed by atoms with Crippen molar-refractivity contribution in [1.82, 2.24) is 4.90 Å². The van der Waals surface area contributed by atoms with Gasteiger partial charge in [-0.2, -0.15) is 0 Å². The topological polar surface area (TPSA) is 3.24 Å². The molecular weight excluding hydrogens is 242 g/mol.